The first-order valence-corrected chi connectivity index (χ1v) is 9.94. The second-order valence-corrected chi connectivity index (χ2v) is 8.18. The number of fused-ring (bicyclic) bond motifs is 1. The van der Waals surface area contributed by atoms with Gasteiger partial charge in [0, 0.05) is 9.05 Å². The van der Waals surface area contributed by atoms with E-state index < -0.39 is 56.8 Å². The van der Waals surface area contributed by atoms with Gasteiger partial charge in [0.2, 0.25) is 5.91 Å². The Bertz CT molecular complexity index is 1310. The van der Waals surface area contributed by atoms with Crippen LogP contribution in [0.2, 0.25) is 0 Å². The molecule has 1 atom stereocenters. The summed E-state index contributed by atoms with van der Waals surface area (Å²) in [5.74, 6) is -3.12. The Morgan fingerprint density at radius 1 is 1.26 bits per heavy atom. The van der Waals surface area contributed by atoms with Crippen LogP contribution in [0.15, 0.2) is 29.3 Å². The van der Waals surface area contributed by atoms with Gasteiger partial charge in [-0.25, -0.2) is 26.3 Å². The molecule has 3 amide bonds. The molecule has 1 aromatic heterocycles. The normalized spacial score (nSPS) is 15.1. The van der Waals surface area contributed by atoms with Crippen molar-refractivity contribution in [2.75, 3.05) is 11.9 Å². The van der Waals surface area contributed by atoms with E-state index >= 15 is 0 Å². The monoisotopic (exact) mass is 450 g/mol. The van der Waals surface area contributed by atoms with Crippen LogP contribution in [0.1, 0.15) is 32.6 Å². The van der Waals surface area contributed by atoms with Crippen LogP contribution >= 0.6 is 0 Å². The maximum absolute atomic E-state index is 14.3. The van der Waals surface area contributed by atoms with E-state index in [9.17, 15) is 26.8 Å². The molecule has 1 aromatic carbocycles. The van der Waals surface area contributed by atoms with E-state index in [4.69, 9.17) is 10.5 Å². The summed E-state index contributed by atoms with van der Waals surface area (Å²) >= 11 is 0. The number of amides is 3. The summed E-state index contributed by atoms with van der Waals surface area (Å²) in [5, 5.41) is 22.0. The van der Waals surface area contributed by atoms with Crippen LogP contribution in [-0.4, -0.2) is 36.2 Å². The van der Waals surface area contributed by atoms with Crippen molar-refractivity contribution in [2.24, 2.45) is 0 Å². The Morgan fingerprint density at radius 2 is 1.90 bits per heavy atom. The largest absolute Gasteiger partial charge is 0.346 e. The Labute approximate surface area is 177 Å². The van der Waals surface area contributed by atoms with Crippen molar-refractivity contribution >= 4 is 27.6 Å². The van der Waals surface area contributed by atoms with Gasteiger partial charge in [-0.3, -0.25) is 9.78 Å². The number of hydrogen-bond acceptors (Lipinski definition) is 7. The van der Waals surface area contributed by atoms with Crippen LogP contribution in [0.5, 0.6) is 0 Å². The maximum Gasteiger partial charge on any atom is 0.336 e. The van der Waals surface area contributed by atoms with Gasteiger partial charge in [-0.2, -0.15) is 10.5 Å². The number of urea groups is 1. The first-order valence-electron chi connectivity index (χ1n) is 8.50. The molecule has 0 unspecified atom stereocenters. The number of nitriles is 2. The highest BCUT2D eigenvalue weighted by Crippen LogP contribution is 2.33. The van der Waals surface area contributed by atoms with Crippen LogP contribution in [-0.2, 0) is 14.8 Å². The molecule has 0 saturated carbocycles. The number of benzene rings is 1. The molecule has 162 valence electrons. The second kappa shape index (κ2) is 7.97. The predicted molar refractivity (Wildman–Crippen MR) is 104 cm³/mol. The molecule has 2 heterocycles. The number of anilines is 1. The molecule has 10 nitrogen and oxygen atoms in total. The second-order valence-electron chi connectivity index (χ2n) is 6.38. The van der Waals surface area contributed by atoms with E-state index in [1.54, 1.807) is 12.1 Å². The van der Waals surface area contributed by atoms with E-state index in [1.165, 1.54) is 6.92 Å². The van der Waals surface area contributed by atoms with Crippen molar-refractivity contribution in [3.63, 3.8) is 0 Å². The van der Waals surface area contributed by atoms with E-state index in [0.717, 1.165) is 18.3 Å². The number of aromatic nitrogens is 1. The molecule has 1 aliphatic rings. The van der Waals surface area contributed by atoms with Gasteiger partial charge < -0.3 is 10.6 Å². The number of hydrogen-bond donors (Lipinski definition) is 2. The number of halogens is 2. The molecule has 2 N–H and O–H groups in total. The first kappa shape index (κ1) is 21.6. The standard InChI is InChI=1S/C18H12F2N6O4S.2H2/c1-9(16-12(19)3-11(6-22)7-23-16)24-15(27)8-26-18(28)25-14-4-10(5-21)2-13(20)17(14)31(26,29)30;;/h2-4,7,9H,8H2,1H3,(H,24,27)(H,25,28);2*1H/t9-;;/m0../s1. The van der Waals surface area contributed by atoms with Gasteiger partial charge >= 0.3 is 6.03 Å². The number of rotatable bonds is 4. The Kier molecular flexibility index (Phi) is 5.55. The summed E-state index contributed by atoms with van der Waals surface area (Å²) in [6.07, 6.45) is 1.10. The van der Waals surface area contributed by atoms with Crippen LogP contribution < -0.4 is 10.6 Å². The minimum Gasteiger partial charge on any atom is -0.346 e. The van der Waals surface area contributed by atoms with E-state index in [0.29, 0.717) is 6.07 Å². The highest BCUT2D eigenvalue weighted by molar-refractivity contribution is 7.90. The molecular formula is C18H16F2N6O4S. The third-order valence-corrected chi connectivity index (χ3v) is 6.07. The van der Waals surface area contributed by atoms with Crippen LogP contribution in [0, 0.1) is 34.3 Å². The minimum atomic E-state index is -4.75. The summed E-state index contributed by atoms with van der Waals surface area (Å²) in [6, 6.07) is 3.68. The Balaban J connectivity index is 0.00000272. The molecule has 0 saturated heterocycles. The summed E-state index contributed by atoms with van der Waals surface area (Å²) in [5.41, 5.74) is -0.867. The zero-order valence-corrected chi connectivity index (χ0v) is 16.5. The highest BCUT2D eigenvalue weighted by atomic mass is 32.2. The van der Waals surface area contributed by atoms with Crippen molar-refractivity contribution in [1.82, 2.24) is 14.6 Å². The molecule has 0 bridgehead atoms. The lowest BCUT2D eigenvalue weighted by Crippen LogP contribution is -2.49. The molecule has 1 aliphatic heterocycles. The fraction of sp³-hybridized carbons (Fsp3) is 0.167. The number of nitrogens with one attached hydrogen (secondary N) is 2. The van der Waals surface area contributed by atoms with Gasteiger partial charge in [0.05, 0.1) is 34.6 Å². The highest BCUT2D eigenvalue weighted by Gasteiger charge is 2.40. The Morgan fingerprint density at radius 3 is 2.52 bits per heavy atom. The SMILES string of the molecule is C[C@H](NC(=O)CN1C(=O)Nc2cc(C#N)cc(F)c2S1(=O)=O)c1ncc(C#N)cc1F.[HH].[HH]. The number of pyridine rings is 1. The van der Waals surface area contributed by atoms with Crippen LogP contribution in [0.3, 0.4) is 0 Å². The molecule has 0 fully saturated rings. The van der Waals surface area contributed by atoms with Crippen molar-refractivity contribution < 1.29 is 29.6 Å². The summed E-state index contributed by atoms with van der Waals surface area (Å²) in [7, 11) is -4.75. The van der Waals surface area contributed by atoms with Gasteiger partial charge in [0.15, 0.2) is 0 Å². The molecule has 0 radical (unpaired) electrons. The van der Waals surface area contributed by atoms with Crippen molar-refractivity contribution in [3.05, 3.63) is 52.9 Å². The van der Waals surface area contributed by atoms with Gasteiger partial charge in [-0.1, -0.05) is 0 Å². The number of nitrogens with zero attached hydrogens (tertiary/aromatic N) is 4. The first-order chi connectivity index (χ1) is 14.6. The van der Waals surface area contributed by atoms with Crippen molar-refractivity contribution in [3.8, 4) is 12.1 Å². The molecule has 2 aromatic rings. The average Bonchev–Trinajstić information content (AvgIpc) is 2.69. The van der Waals surface area contributed by atoms with Gasteiger partial charge in [0.25, 0.3) is 10.0 Å². The molecule has 13 heteroatoms. The Hall–Kier alpha value is -4.10. The van der Waals surface area contributed by atoms with Crippen LogP contribution in [0.25, 0.3) is 0 Å². The predicted octanol–water partition coefficient (Wildman–Crippen LogP) is 2.01. The molecule has 0 aliphatic carbocycles. The third-order valence-electron chi connectivity index (χ3n) is 4.26. The zero-order chi connectivity index (χ0) is 22.9. The zero-order valence-electron chi connectivity index (χ0n) is 15.7. The molecule has 3 rings (SSSR count). The molecular weight excluding hydrogens is 434 g/mol. The van der Waals surface area contributed by atoms with Gasteiger partial charge in [-0.05, 0) is 25.1 Å². The number of sulfonamides is 1. The summed E-state index contributed by atoms with van der Waals surface area (Å²) in [4.78, 5) is 27.4. The minimum absolute atomic E-state index is 0. The van der Waals surface area contributed by atoms with Crippen molar-refractivity contribution in [1.29, 1.82) is 10.5 Å². The van der Waals surface area contributed by atoms with E-state index in [1.807, 2.05) is 0 Å². The fourth-order valence-corrected chi connectivity index (χ4v) is 4.35. The summed E-state index contributed by atoms with van der Waals surface area (Å²) < 4.78 is 53.9. The molecule has 0 spiro atoms. The lowest BCUT2D eigenvalue weighted by atomic mass is 10.1. The quantitative estimate of drug-likeness (QED) is 0.721. The molecule has 31 heavy (non-hydrogen) atoms. The van der Waals surface area contributed by atoms with Crippen molar-refractivity contribution in [2.45, 2.75) is 17.9 Å². The van der Waals surface area contributed by atoms with E-state index in [-0.39, 0.29) is 24.0 Å². The maximum atomic E-state index is 14.3. The van der Waals surface area contributed by atoms with E-state index in [2.05, 4.69) is 15.6 Å². The van der Waals surface area contributed by atoms with Gasteiger partial charge in [0.1, 0.15) is 29.1 Å². The summed E-state index contributed by atoms with van der Waals surface area (Å²) in [6.45, 7) is 0.341. The van der Waals surface area contributed by atoms with Crippen LogP contribution in [0.4, 0.5) is 19.3 Å². The smallest absolute Gasteiger partial charge is 0.336 e. The third kappa shape index (κ3) is 3.99. The fourth-order valence-electron chi connectivity index (χ4n) is 2.88. The van der Waals surface area contributed by atoms with Gasteiger partial charge in [-0.15, -0.1) is 0 Å². The topological polar surface area (TPSA) is 156 Å². The number of carbonyl (C=O) groups excluding carboxylic acids is 2. The lowest BCUT2D eigenvalue weighted by Gasteiger charge is -2.29. The number of carbonyl (C=O) groups is 2. The lowest BCUT2D eigenvalue weighted by molar-refractivity contribution is -0.121. The average molecular weight is 450 g/mol.